The normalized spacial score (nSPS) is 18.8. The molecule has 21 heavy (non-hydrogen) atoms. The van der Waals surface area contributed by atoms with E-state index < -0.39 is 0 Å². The second kappa shape index (κ2) is 6.56. The van der Waals surface area contributed by atoms with E-state index >= 15 is 0 Å². The van der Waals surface area contributed by atoms with Gasteiger partial charge in [-0.05, 0) is 31.2 Å². The van der Waals surface area contributed by atoms with Gasteiger partial charge in [-0.15, -0.1) is 11.3 Å². The molecule has 5 nitrogen and oxygen atoms in total. The molecule has 112 valence electrons. The van der Waals surface area contributed by atoms with Crippen LogP contribution in [0.5, 0.6) is 0 Å². The number of morpholine rings is 1. The summed E-state index contributed by atoms with van der Waals surface area (Å²) in [7, 11) is 0. The molecule has 0 spiro atoms. The van der Waals surface area contributed by atoms with E-state index in [1.54, 1.807) is 11.3 Å². The third kappa shape index (κ3) is 3.26. The van der Waals surface area contributed by atoms with E-state index in [4.69, 9.17) is 4.74 Å². The van der Waals surface area contributed by atoms with E-state index in [1.807, 2.05) is 0 Å². The summed E-state index contributed by atoms with van der Waals surface area (Å²) < 4.78 is 5.30. The number of carbonyl (C=O) groups is 1. The molecular formula is C15H20N3O2S+. The Morgan fingerprint density at radius 1 is 1.33 bits per heavy atom. The minimum atomic E-state index is 0.00185. The summed E-state index contributed by atoms with van der Waals surface area (Å²) in [4.78, 5) is 14.7. The molecule has 1 aliphatic heterocycles. The summed E-state index contributed by atoms with van der Waals surface area (Å²) in [5.41, 5.74) is 1.86. The third-order valence-corrected chi connectivity index (χ3v) is 5.35. The second-order valence-corrected chi connectivity index (χ2v) is 6.72. The van der Waals surface area contributed by atoms with Crippen LogP contribution in [0.15, 0.2) is 0 Å². The van der Waals surface area contributed by atoms with Gasteiger partial charge in [0.05, 0.1) is 18.8 Å². The fraction of sp³-hybridized carbons (Fsp3) is 0.600. The van der Waals surface area contributed by atoms with Crippen LogP contribution in [0.1, 0.15) is 28.8 Å². The zero-order valence-corrected chi connectivity index (χ0v) is 12.9. The Bertz CT molecular complexity index is 570. The number of nitriles is 1. The van der Waals surface area contributed by atoms with Crippen molar-refractivity contribution in [1.82, 2.24) is 0 Å². The van der Waals surface area contributed by atoms with Gasteiger partial charge in [0.1, 0.15) is 24.2 Å². The number of fused-ring (bicyclic) bond motifs is 1. The molecule has 1 amide bonds. The van der Waals surface area contributed by atoms with Crippen molar-refractivity contribution in [3.63, 3.8) is 0 Å². The predicted octanol–water partition coefficient (Wildman–Crippen LogP) is 0.352. The third-order valence-electron chi connectivity index (χ3n) is 4.15. The van der Waals surface area contributed by atoms with Gasteiger partial charge in [0.15, 0.2) is 6.54 Å². The minimum absolute atomic E-state index is 0.00185. The topological polar surface area (TPSA) is 66.6 Å². The molecule has 0 unspecified atom stereocenters. The molecule has 2 heterocycles. The van der Waals surface area contributed by atoms with Crippen LogP contribution < -0.4 is 10.2 Å². The minimum Gasteiger partial charge on any atom is -0.370 e. The lowest BCUT2D eigenvalue weighted by Gasteiger charge is -2.22. The van der Waals surface area contributed by atoms with Gasteiger partial charge >= 0.3 is 0 Å². The Morgan fingerprint density at radius 2 is 2.10 bits per heavy atom. The van der Waals surface area contributed by atoms with Crippen LogP contribution >= 0.6 is 11.3 Å². The molecule has 6 heteroatoms. The molecule has 1 aromatic rings. The van der Waals surface area contributed by atoms with Crippen LogP contribution in [-0.4, -0.2) is 38.8 Å². The lowest BCUT2D eigenvalue weighted by molar-refractivity contribution is -0.899. The maximum absolute atomic E-state index is 12.2. The summed E-state index contributed by atoms with van der Waals surface area (Å²) in [5.74, 6) is 0.00185. The molecule has 0 atom stereocenters. The van der Waals surface area contributed by atoms with Gasteiger partial charge in [0.2, 0.25) is 0 Å². The van der Waals surface area contributed by atoms with Crippen LogP contribution in [0.4, 0.5) is 5.00 Å². The average molecular weight is 306 g/mol. The lowest BCUT2D eigenvalue weighted by Crippen LogP contribution is -3.15. The maximum atomic E-state index is 12.2. The fourth-order valence-corrected chi connectivity index (χ4v) is 4.26. The van der Waals surface area contributed by atoms with Gasteiger partial charge in [-0.2, -0.15) is 5.26 Å². The number of amides is 1. The molecule has 2 aliphatic rings. The number of thiophene rings is 1. The monoisotopic (exact) mass is 306 g/mol. The Labute approximate surface area is 128 Å². The maximum Gasteiger partial charge on any atom is 0.280 e. The first-order valence-electron chi connectivity index (χ1n) is 7.53. The quantitative estimate of drug-likeness (QED) is 0.847. The number of anilines is 1. The van der Waals surface area contributed by atoms with Crippen molar-refractivity contribution in [1.29, 1.82) is 5.26 Å². The smallest absolute Gasteiger partial charge is 0.280 e. The van der Waals surface area contributed by atoms with Gasteiger partial charge in [-0.1, -0.05) is 0 Å². The molecule has 0 bridgehead atoms. The van der Waals surface area contributed by atoms with Crippen molar-refractivity contribution < 1.29 is 14.4 Å². The van der Waals surface area contributed by atoms with E-state index in [9.17, 15) is 10.1 Å². The van der Waals surface area contributed by atoms with Crippen molar-refractivity contribution in [3.05, 3.63) is 16.0 Å². The van der Waals surface area contributed by atoms with Crippen molar-refractivity contribution >= 4 is 22.2 Å². The zero-order valence-electron chi connectivity index (χ0n) is 12.0. The first-order chi connectivity index (χ1) is 10.3. The van der Waals surface area contributed by atoms with E-state index in [0.717, 1.165) is 50.6 Å². The van der Waals surface area contributed by atoms with Crippen LogP contribution in [0.25, 0.3) is 0 Å². The van der Waals surface area contributed by atoms with Crippen molar-refractivity contribution in [2.24, 2.45) is 0 Å². The molecule has 1 aromatic heterocycles. The number of hydrogen-bond donors (Lipinski definition) is 2. The number of ether oxygens (including phenoxy) is 1. The Hall–Kier alpha value is -1.42. The highest BCUT2D eigenvalue weighted by molar-refractivity contribution is 7.16. The number of nitrogens with one attached hydrogen (secondary N) is 2. The molecule has 1 aliphatic carbocycles. The zero-order chi connectivity index (χ0) is 14.7. The van der Waals surface area contributed by atoms with E-state index in [-0.39, 0.29) is 5.91 Å². The Balaban J connectivity index is 1.68. The van der Waals surface area contributed by atoms with Gasteiger partial charge in [-0.25, -0.2) is 0 Å². The van der Waals surface area contributed by atoms with Gasteiger partial charge in [0.25, 0.3) is 5.91 Å². The van der Waals surface area contributed by atoms with Crippen LogP contribution in [0, 0.1) is 11.3 Å². The lowest BCUT2D eigenvalue weighted by atomic mass is 9.96. The molecule has 0 aromatic carbocycles. The SMILES string of the molecule is N#Cc1c(NC(=O)C[NH+]2CCOCC2)sc2c1CCCC2. The highest BCUT2D eigenvalue weighted by Gasteiger charge is 2.23. The molecule has 3 rings (SSSR count). The summed E-state index contributed by atoms with van der Waals surface area (Å²) in [6, 6.07) is 2.28. The summed E-state index contributed by atoms with van der Waals surface area (Å²) in [5, 5.41) is 13.1. The molecule has 2 N–H and O–H groups in total. The Morgan fingerprint density at radius 3 is 2.86 bits per heavy atom. The molecule has 0 saturated carbocycles. The molecular weight excluding hydrogens is 286 g/mol. The number of carbonyl (C=O) groups excluding carboxylic acids is 1. The largest absolute Gasteiger partial charge is 0.370 e. The van der Waals surface area contributed by atoms with Crippen LogP contribution in [0.2, 0.25) is 0 Å². The van der Waals surface area contributed by atoms with Gasteiger partial charge < -0.3 is 15.0 Å². The van der Waals surface area contributed by atoms with Gasteiger partial charge in [-0.3, -0.25) is 4.79 Å². The summed E-state index contributed by atoms with van der Waals surface area (Å²) >= 11 is 1.59. The van der Waals surface area contributed by atoms with Crippen molar-refractivity contribution in [3.8, 4) is 6.07 Å². The summed E-state index contributed by atoms with van der Waals surface area (Å²) in [6.07, 6.45) is 4.34. The van der Waals surface area contributed by atoms with E-state index in [0.29, 0.717) is 12.1 Å². The number of nitrogens with zero attached hydrogens (tertiary/aromatic N) is 1. The number of aryl methyl sites for hydroxylation is 1. The van der Waals surface area contributed by atoms with Crippen LogP contribution in [0.3, 0.4) is 0 Å². The van der Waals surface area contributed by atoms with Gasteiger partial charge in [0, 0.05) is 4.88 Å². The highest BCUT2D eigenvalue weighted by atomic mass is 32.1. The van der Waals surface area contributed by atoms with Crippen LogP contribution in [-0.2, 0) is 22.4 Å². The van der Waals surface area contributed by atoms with Crippen molar-refractivity contribution in [2.45, 2.75) is 25.7 Å². The second-order valence-electron chi connectivity index (χ2n) is 5.61. The molecule has 1 saturated heterocycles. The molecule has 1 fully saturated rings. The summed E-state index contributed by atoms with van der Waals surface area (Å²) in [6.45, 7) is 3.65. The fourth-order valence-electron chi connectivity index (χ4n) is 3.01. The van der Waals surface area contributed by atoms with Crippen molar-refractivity contribution in [2.75, 3.05) is 38.2 Å². The standard InChI is InChI=1S/C15H19N3O2S/c16-9-12-11-3-1-2-4-13(11)21-15(12)17-14(19)10-18-5-7-20-8-6-18/h1-8,10H2,(H,17,19)/p+1. The first kappa shape index (κ1) is 14.5. The molecule has 0 radical (unpaired) electrons. The Kier molecular flexibility index (Phi) is 4.54. The number of rotatable bonds is 3. The van der Waals surface area contributed by atoms with E-state index in [1.165, 1.54) is 21.8 Å². The number of hydrogen-bond acceptors (Lipinski definition) is 4. The first-order valence-corrected chi connectivity index (χ1v) is 8.35. The number of quaternary nitrogens is 1. The predicted molar refractivity (Wildman–Crippen MR) is 80.7 cm³/mol. The highest BCUT2D eigenvalue weighted by Crippen LogP contribution is 2.37. The average Bonchev–Trinajstić information content (AvgIpc) is 2.85. The van der Waals surface area contributed by atoms with E-state index in [2.05, 4.69) is 11.4 Å².